The topological polar surface area (TPSA) is 57.0 Å². The summed E-state index contributed by atoms with van der Waals surface area (Å²) in [5.41, 5.74) is 2.42. The Kier molecular flexibility index (Phi) is 3.94. The highest BCUT2D eigenvalue weighted by atomic mass is 16.5. The number of carbonyl (C=O) groups excluding carboxylic acids is 1. The number of rotatable bonds is 4. The van der Waals surface area contributed by atoms with Crippen molar-refractivity contribution in [3.8, 4) is 5.82 Å². The molecule has 5 nitrogen and oxygen atoms in total. The molecule has 0 atom stereocenters. The SMILES string of the molecule is CCOC(=O)c1cnn(-c2cc(C)ccn2)c1CC. The molecule has 2 rings (SSSR count). The number of hydrogen-bond acceptors (Lipinski definition) is 4. The Morgan fingerprint density at radius 1 is 1.42 bits per heavy atom. The Labute approximate surface area is 112 Å². The Hall–Kier alpha value is -2.17. The van der Waals surface area contributed by atoms with Crippen LogP contribution in [0.4, 0.5) is 0 Å². The zero-order valence-corrected chi connectivity index (χ0v) is 11.4. The van der Waals surface area contributed by atoms with E-state index in [1.807, 2.05) is 26.0 Å². The van der Waals surface area contributed by atoms with E-state index in [1.165, 1.54) is 0 Å². The maximum absolute atomic E-state index is 11.8. The van der Waals surface area contributed by atoms with Crippen LogP contribution in [-0.4, -0.2) is 27.3 Å². The quantitative estimate of drug-likeness (QED) is 0.791. The second-order valence-corrected chi connectivity index (χ2v) is 4.18. The molecule has 0 unspecified atom stereocenters. The zero-order valence-electron chi connectivity index (χ0n) is 11.4. The van der Waals surface area contributed by atoms with Crippen LogP contribution < -0.4 is 0 Å². The molecule has 0 aromatic carbocycles. The highest BCUT2D eigenvalue weighted by molar-refractivity contribution is 5.90. The molecular weight excluding hydrogens is 242 g/mol. The summed E-state index contributed by atoms with van der Waals surface area (Å²) < 4.78 is 6.72. The fourth-order valence-corrected chi connectivity index (χ4v) is 1.93. The van der Waals surface area contributed by atoms with Crippen LogP contribution in [0.1, 0.15) is 35.5 Å². The van der Waals surface area contributed by atoms with Gasteiger partial charge in [0, 0.05) is 6.20 Å². The smallest absolute Gasteiger partial charge is 0.341 e. The van der Waals surface area contributed by atoms with Crippen LogP contribution >= 0.6 is 0 Å². The van der Waals surface area contributed by atoms with Crippen molar-refractivity contribution in [1.82, 2.24) is 14.8 Å². The Bertz CT molecular complexity index is 590. The molecule has 0 saturated carbocycles. The molecule has 0 N–H and O–H groups in total. The summed E-state index contributed by atoms with van der Waals surface area (Å²) in [4.78, 5) is 16.1. The van der Waals surface area contributed by atoms with Crippen molar-refractivity contribution >= 4 is 5.97 Å². The molecule has 0 aliphatic heterocycles. The van der Waals surface area contributed by atoms with Crippen LogP contribution in [0, 0.1) is 6.92 Å². The van der Waals surface area contributed by atoms with Gasteiger partial charge in [0.2, 0.25) is 0 Å². The van der Waals surface area contributed by atoms with Crippen molar-refractivity contribution in [2.75, 3.05) is 6.61 Å². The second-order valence-electron chi connectivity index (χ2n) is 4.18. The summed E-state index contributed by atoms with van der Waals surface area (Å²) in [5.74, 6) is 0.380. The Morgan fingerprint density at radius 2 is 2.21 bits per heavy atom. The van der Waals surface area contributed by atoms with E-state index in [0.717, 1.165) is 11.3 Å². The first kappa shape index (κ1) is 13.3. The summed E-state index contributed by atoms with van der Waals surface area (Å²) in [6.45, 7) is 6.12. The summed E-state index contributed by atoms with van der Waals surface area (Å²) in [6.07, 6.45) is 3.96. The number of nitrogens with zero attached hydrogens (tertiary/aromatic N) is 3. The number of hydrogen-bond donors (Lipinski definition) is 0. The van der Waals surface area contributed by atoms with Crippen molar-refractivity contribution in [2.45, 2.75) is 27.2 Å². The fraction of sp³-hybridized carbons (Fsp3) is 0.357. The maximum atomic E-state index is 11.8. The van der Waals surface area contributed by atoms with Gasteiger partial charge in [0.1, 0.15) is 5.56 Å². The molecule has 19 heavy (non-hydrogen) atoms. The number of pyridine rings is 1. The molecule has 0 saturated heterocycles. The molecule has 0 aliphatic rings. The Balaban J connectivity index is 2.45. The summed E-state index contributed by atoms with van der Waals surface area (Å²) >= 11 is 0. The van der Waals surface area contributed by atoms with E-state index in [9.17, 15) is 4.79 Å². The fourth-order valence-electron chi connectivity index (χ4n) is 1.93. The lowest BCUT2D eigenvalue weighted by Gasteiger charge is -2.07. The predicted octanol–water partition coefficient (Wildman–Crippen LogP) is 2.31. The van der Waals surface area contributed by atoms with Gasteiger partial charge in [-0.25, -0.2) is 14.5 Å². The molecule has 5 heteroatoms. The molecule has 0 aliphatic carbocycles. The van der Waals surface area contributed by atoms with Gasteiger partial charge in [-0.3, -0.25) is 0 Å². The molecule has 0 fully saturated rings. The number of carbonyl (C=O) groups is 1. The number of aryl methyl sites for hydroxylation is 1. The minimum absolute atomic E-state index is 0.335. The molecule has 2 aromatic heterocycles. The van der Waals surface area contributed by atoms with Gasteiger partial charge in [0.15, 0.2) is 5.82 Å². The third-order valence-corrected chi connectivity index (χ3v) is 2.82. The van der Waals surface area contributed by atoms with Gasteiger partial charge in [0.05, 0.1) is 18.5 Å². The van der Waals surface area contributed by atoms with E-state index >= 15 is 0 Å². The molecule has 100 valence electrons. The number of ether oxygens (including phenoxy) is 1. The first-order valence-corrected chi connectivity index (χ1v) is 6.34. The van der Waals surface area contributed by atoms with Gasteiger partial charge in [-0.2, -0.15) is 5.10 Å². The van der Waals surface area contributed by atoms with Gasteiger partial charge < -0.3 is 4.74 Å². The van der Waals surface area contributed by atoms with Crippen molar-refractivity contribution in [2.24, 2.45) is 0 Å². The van der Waals surface area contributed by atoms with Crippen LogP contribution in [-0.2, 0) is 11.2 Å². The molecule has 0 spiro atoms. The predicted molar refractivity (Wildman–Crippen MR) is 71.4 cm³/mol. The van der Waals surface area contributed by atoms with E-state index in [2.05, 4.69) is 10.1 Å². The second kappa shape index (κ2) is 5.65. The first-order valence-electron chi connectivity index (χ1n) is 6.34. The zero-order chi connectivity index (χ0) is 13.8. The van der Waals surface area contributed by atoms with E-state index in [4.69, 9.17) is 4.74 Å². The molecule has 0 bridgehead atoms. The van der Waals surface area contributed by atoms with E-state index in [1.54, 1.807) is 24.0 Å². The molecule has 0 amide bonds. The van der Waals surface area contributed by atoms with Gasteiger partial charge >= 0.3 is 5.97 Å². The average molecular weight is 259 g/mol. The van der Waals surface area contributed by atoms with Crippen LogP contribution in [0.2, 0.25) is 0 Å². The van der Waals surface area contributed by atoms with Crippen molar-refractivity contribution in [3.05, 3.63) is 41.3 Å². The molecule has 0 radical (unpaired) electrons. The number of esters is 1. The third kappa shape index (κ3) is 2.65. The maximum Gasteiger partial charge on any atom is 0.341 e. The molecule has 2 aromatic rings. The van der Waals surface area contributed by atoms with Crippen LogP contribution in [0.3, 0.4) is 0 Å². The summed E-state index contributed by atoms with van der Waals surface area (Å²) in [7, 11) is 0. The van der Waals surface area contributed by atoms with Crippen LogP contribution in [0.25, 0.3) is 5.82 Å². The molecular formula is C14H17N3O2. The molecule has 2 heterocycles. The van der Waals surface area contributed by atoms with Gasteiger partial charge in [-0.15, -0.1) is 0 Å². The van der Waals surface area contributed by atoms with E-state index in [-0.39, 0.29) is 5.97 Å². The van der Waals surface area contributed by atoms with Gasteiger partial charge in [-0.05, 0) is 38.0 Å². The average Bonchev–Trinajstić information content (AvgIpc) is 2.82. The normalized spacial score (nSPS) is 10.5. The highest BCUT2D eigenvalue weighted by Crippen LogP contribution is 2.16. The lowest BCUT2D eigenvalue weighted by molar-refractivity contribution is 0.0525. The number of aromatic nitrogens is 3. The summed E-state index contributed by atoms with van der Waals surface area (Å²) in [5, 5.41) is 4.25. The third-order valence-electron chi connectivity index (χ3n) is 2.82. The lowest BCUT2D eigenvalue weighted by atomic mass is 10.2. The van der Waals surface area contributed by atoms with Crippen molar-refractivity contribution in [3.63, 3.8) is 0 Å². The standard InChI is InChI=1S/C14H17N3O2/c1-4-12-11(14(18)19-5-2)9-16-17(12)13-8-10(3)6-7-15-13/h6-9H,4-5H2,1-3H3. The highest BCUT2D eigenvalue weighted by Gasteiger charge is 2.18. The minimum Gasteiger partial charge on any atom is -0.462 e. The first-order chi connectivity index (χ1) is 9.17. The van der Waals surface area contributed by atoms with E-state index in [0.29, 0.717) is 24.4 Å². The summed E-state index contributed by atoms with van der Waals surface area (Å²) in [6, 6.07) is 3.85. The minimum atomic E-state index is -0.335. The largest absolute Gasteiger partial charge is 0.462 e. The van der Waals surface area contributed by atoms with E-state index < -0.39 is 0 Å². The van der Waals surface area contributed by atoms with Crippen molar-refractivity contribution in [1.29, 1.82) is 0 Å². The van der Waals surface area contributed by atoms with Gasteiger partial charge in [-0.1, -0.05) is 6.92 Å². The van der Waals surface area contributed by atoms with Gasteiger partial charge in [0.25, 0.3) is 0 Å². The lowest BCUT2D eigenvalue weighted by Crippen LogP contribution is -2.09. The van der Waals surface area contributed by atoms with Crippen LogP contribution in [0.15, 0.2) is 24.5 Å². The Morgan fingerprint density at radius 3 is 2.84 bits per heavy atom. The van der Waals surface area contributed by atoms with Crippen LogP contribution in [0.5, 0.6) is 0 Å². The monoisotopic (exact) mass is 259 g/mol. The van der Waals surface area contributed by atoms with Crippen molar-refractivity contribution < 1.29 is 9.53 Å².